The molecule has 0 unspecified atom stereocenters. The van der Waals surface area contributed by atoms with Crippen molar-refractivity contribution in [3.63, 3.8) is 0 Å². The zero-order valence-corrected chi connectivity index (χ0v) is 12.4. The van der Waals surface area contributed by atoms with Gasteiger partial charge in [0.1, 0.15) is 0 Å². The monoisotopic (exact) mass is 269 g/mol. The number of rotatable bonds is 8. The van der Waals surface area contributed by atoms with Crippen molar-refractivity contribution in [1.29, 1.82) is 0 Å². The van der Waals surface area contributed by atoms with E-state index >= 15 is 0 Å². The molecule has 4 heteroatoms. The van der Waals surface area contributed by atoms with Crippen LogP contribution < -0.4 is 5.32 Å². The van der Waals surface area contributed by atoms with Crippen LogP contribution in [0, 0.1) is 0 Å². The number of hydrogen-bond donors (Lipinski definition) is 1. The van der Waals surface area contributed by atoms with Crippen molar-refractivity contribution in [3.05, 3.63) is 34.9 Å². The molecule has 0 atom stereocenters. The van der Waals surface area contributed by atoms with Crippen molar-refractivity contribution in [2.24, 2.45) is 0 Å². The van der Waals surface area contributed by atoms with E-state index in [1.807, 2.05) is 18.2 Å². The maximum absolute atomic E-state index is 5.97. The van der Waals surface area contributed by atoms with Crippen molar-refractivity contribution in [3.8, 4) is 0 Å². The number of benzene rings is 1. The standard InChI is InChI=1S/C14H24ClN3/c1-17(2)9-7-16-8-10-18(3)12-13-5-4-6-14(15)11-13/h4-6,11,16H,7-10,12H2,1-3H3. The van der Waals surface area contributed by atoms with Gasteiger partial charge in [-0.15, -0.1) is 0 Å². The minimum absolute atomic E-state index is 0.810. The lowest BCUT2D eigenvalue weighted by Gasteiger charge is -2.17. The highest BCUT2D eigenvalue weighted by Gasteiger charge is 2.00. The second kappa shape index (κ2) is 8.48. The van der Waals surface area contributed by atoms with E-state index in [1.54, 1.807) is 0 Å². The zero-order chi connectivity index (χ0) is 13.4. The molecule has 3 nitrogen and oxygen atoms in total. The number of nitrogens with one attached hydrogen (secondary N) is 1. The first-order chi connectivity index (χ1) is 8.58. The van der Waals surface area contributed by atoms with E-state index in [0.717, 1.165) is 37.7 Å². The summed E-state index contributed by atoms with van der Waals surface area (Å²) in [5.74, 6) is 0. The van der Waals surface area contributed by atoms with E-state index in [9.17, 15) is 0 Å². The predicted octanol–water partition coefficient (Wildman–Crippen LogP) is 1.92. The molecule has 0 fully saturated rings. The molecule has 0 aromatic heterocycles. The first kappa shape index (κ1) is 15.4. The summed E-state index contributed by atoms with van der Waals surface area (Å²) in [6, 6.07) is 8.05. The second-order valence-corrected chi connectivity index (χ2v) is 5.36. The van der Waals surface area contributed by atoms with Gasteiger partial charge in [0.05, 0.1) is 0 Å². The van der Waals surface area contributed by atoms with Crippen LogP contribution in [0.5, 0.6) is 0 Å². The minimum atomic E-state index is 0.810. The molecule has 1 N–H and O–H groups in total. The Morgan fingerprint density at radius 3 is 2.50 bits per heavy atom. The van der Waals surface area contributed by atoms with Crippen LogP contribution in [0.4, 0.5) is 0 Å². The van der Waals surface area contributed by atoms with Gasteiger partial charge >= 0.3 is 0 Å². The average Bonchev–Trinajstić information content (AvgIpc) is 2.28. The fourth-order valence-electron chi connectivity index (χ4n) is 1.72. The molecule has 1 aromatic rings. The summed E-state index contributed by atoms with van der Waals surface area (Å²) in [6.45, 7) is 5.12. The summed E-state index contributed by atoms with van der Waals surface area (Å²) in [4.78, 5) is 4.48. The number of hydrogen-bond acceptors (Lipinski definition) is 3. The minimum Gasteiger partial charge on any atom is -0.314 e. The lowest BCUT2D eigenvalue weighted by atomic mass is 10.2. The molecule has 0 aliphatic heterocycles. The van der Waals surface area contributed by atoms with Gasteiger partial charge in [0.2, 0.25) is 0 Å². The van der Waals surface area contributed by atoms with Crippen molar-refractivity contribution in [2.75, 3.05) is 47.3 Å². The normalized spacial score (nSPS) is 11.4. The Kier molecular flexibility index (Phi) is 7.28. The first-order valence-corrected chi connectivity index (χ1v) is 6.74. The molecule has 1 aromatic carbocycles. The summed E-state index contributed by atoms with van der Waals surface area (Å²) >= 11 is 5.97. The van der Waals surface area contributed by atoms with E-state index in [1.165, 1.54) is 5.56 Å². The van der Waals surface area contributed by atoms with Gasteiger partial charge < -0.3 is 15.1 Å². The third kappa shape index (κ3) is 6.97. The van der Waals surface area contributed by atoms with Gasteiger partial charge in [0.25, 0.3) is 0 Å². The largest absolute Gasteiger partial charge is 0.314 e. The summed E-state index contributed by atoms with van der Waals surface area (Å²) in [5.41, 5.74) is 1.26. The fraction of sp³-hybridized carbons (Fsp3) is 0.571. The van der Waals surface area contributed by atoms with Gasteiger partial charge in [-0.1, -0.05) is 23.7 Å². The third-order valence-electron chi connectivity index (χ3n) is 2.75. The molecule has 0 amide bonds. The van der Waals surface area contributed by atoms with Crippen LogP contribution in [0.2, 0.25) is 5.02 Å². The van der Waals surface area contributed by atoms with Gasteiger partial charge in [0.15, 0.2) is 0 Å². The Morgan fingerprint density at radius 1 is 1.11 bits per heavy atom. The molecule has 0 radical (unpaired) electrons. The molecule has 102 valence electrons. The molecule has 0 aliphatic carbocycles. The van der Waals surface area contributed by atoms with E-state index in [4.69, 9.17) is 11.6 Å². The summed E-state index contributed by atoms with van der Waals surface area (Å²) in [7, 11) is 6.31. The molecular formula is C14H24ClN3. The number of nitrogens with zero attached hydrogens (tertiary/aromatic N) is 2. The van der Waals surface area contributed by atoms with E-state index in [2.05, 4.69) is 42.3 Å². The zero-order valence-electron chi connectivity index (χ0n) is 11.6. The van der Waals surface area contributed by atoms with Crippen molar-refractivity contribution in [2.45, 2.75) is 6.54 Å². The van der Waals surface area contributed by atoms with Crippen molar-refractivity contribution in [1.82, 2.24) is 15.1 Å². The van der Waals surface area contributed by atoms with Crippen LogP contribution in [0.3, 0.4) is 0 Å². The van der Waals surface area contributed by atoms with Gasteiger partial charge in [-0.05, 0) is 38.8 Å². The molecule has 18 heavy (non-hydrogen) atoms. The molecule has 0 saturated carbocycles. The average molecular weight is 270 g/mol. The lowest BCUT2D eigenvalue weighted by molar-refractivity contribution is 0.319. The maximum Gasteiger partial charge on any atom is 0.0409 e. The summed E-state index contributed by atoms with van der Waals surface area (Å²) < 4.78 is 0. The highest BCUT2D eigenvalue weighted by atomic mass is 35.5. The predicted molar refractivity (Wildman–Crippen MR) is 79.2 cm³/mol. The van der Waals surface area contributed by atoms with Crippen LogP contribution in [0.15, 0.2) is 24.3 Å². The van der Waals surface area contributed by atoms with Gasteiger partial charge in [-0.25, -0.2) is 0 Å². The summed E-state index contributed by atoms with van der Waals surface area (Å²) in [6.07, 6.45) is 0. The Bertz CT molecular complexity index is 342. The van der Waals surface area contributed by atoms with Crippen LogP contribution in [0.1, 0.15) is 5.56 Å². The second-order valence-electron chi connectivity index (χ2n) is 4.92. The van der Waals surface area contributed by atoms with Crippen LogP contribution in [-0.4, -0.2) is 57.1 Å². The van der Waals surface area contributed by atoms with Gasteiger partial charge in [0, 0.05) is 37.7 Å². The van der Waals surface area contributed by atoms with Gasteiger partial charge in [-0.2, -0.15) is 0 Å². The van der Waals surface area contributed by atoms with E-state index < -0.39 is 0 Å². The molecule has 1 rings (SSSR count). The van der Waals surface area contributed by atoms with Gasteiger partial charge in [-0.3, -0.25) is 0 Å². The molecule has 0 bridgehead atoms. The Labute approximate surface area is 116 Å². The molecular weight excluding hydrogens is 246 g/mol. The maximum atomic E-state index is 5.97. The molecule has 0 heterocycles. The Hall–Kier alpha value is -0.610. The SMILES string of the molecule is CN(C)CCNCCN(C)Cc1cccc(Cl)c1. The molecule has 0 saturated heterocycles. The quantitative estimate of drug-likeness (QED) is 0.728. The number of halogens is 1. The Morgan fingerprint density at radius 2 is 1.83 bits per heavy atom. The first-order valence-electron chi connectivity index (χ1n) is 6.36. The van der Waals surface area contributed by atoms with E-state index in [0.29, 0.717) is 0 Å². The highest BCUT2D eigenvalue weighted by Crippen LogP contribution is 2.11. The van der Waals surface area contributed by atoms with E-state index in [-0.39, 0.29) is 0 Å². The van der Waals surface area contributed by atoms with Crippen LogP contribution >= 0.6 is 11.6 Å². The summed E-state index contributed by atoms with van der Waals surface area (Å²) in [5, 5.41) is 4.25. The number of likely N-dealkylation sites (N-methyl/N-ethyl adjacent to an activating group) is 2. The smallest absolute Gasteiger partial charge is 0.0409 e. The Balaban J connectivity index is 2.16. The topological polar surface area (TPSA) is 18.5 Å². The third-order valence-corrected chi connectivity index (χ3v) is 2.98. The lowest BCUT2D eigenvalue weighted by Crippen LogP contribution is -2.33. The molecule has 0 spiro atoms. The van der Waals surface area contributed by atoms with Crippen molar-refractivity contribution < 1.29 is 0 Å². The van der Waals surface area contributed by atoms with Crippen LogP contribution in [-0.2, 0) is 6.54 Å². The molecule has 0 aliphatic rings. The fourth-order valence-corrected chi connectivity index (χ4v) is 1.94. The van der Waals surface area contributed by atoms with Crippen molar-refractivity contribution >= 4 is 11.6 Å². The van der Waals surface area contributed by atoms with Crippen LogP contribution in [0.25, 0.3) is 0 Å². The highest BCUT2D eigenvalue weighted by molar-refractivity contribution is 6.30.